The SMILES string of the molecule is CCOCCCCNCCCCCNC. The van der Waals surface area contributed by atoms with Crippen molar-refractivity contribution in [2.24, 2.45) is 0 Å². The Hall–Kier alpha value is -0.120. The van der Waals surface area contributed by atoms with Crippen LogP contribution in [0.3, 0.4) is 0 Å². The van der Waals surface area contributed by atoms with E-state index in [4.69, 9.17) is 4.74 Å². The predicted octanol–water partition coefficient (Wildman–Crippen LogP) is 1.78. The summed E-state index contributed by atoms with van der Waals surface area (Å²) in [4.78, 5) is 0. The van der Waals surface area contributed by atoms with E-state index in [0.29, 0.717) is 0 Å². The van der Waals surface area contributed by atoms with E-state index in [1.54, 1.807) is 0 Å². The first-order valence-corrected chi connectivity index (χ1v) is 6.35. The van der Waals surface area contributed by atoms with E-state index in [1.807, 2.05) is 14.0 Å². The maximum absolute atomic E-state index is 5.27. The number of hydrogen-bond acceptors (Lipinski definition) is 3. The molecule has 0 aromatic carbocycles. The van der Waals surface area contributed by atoms with E-state index in [-0.39, 0.29) is 0 Å². The monoisotopic (exact) mass is 216 g/mol. The van der Waals surface area contributed by atoms with E-state index in [9.17, 15) is 0 Å². The maximum atomic E-state index is 5.27. The fraction of sp³-hybridized carbons (Fsp3) is 1.00. The van der Waals surface area contributed by atoms with E-state index in [1.165, 1.54) is 38.6 Å². The van der Waals surface area contributed by atoms with Gasteiger partial charge >= 0.3 is 0 Å². The van der Waals surface area contributed by atoms with Gasteiger partial charge in [-0.25, -0.2) is 0 Å². The first kappa shape index (κ1) is 14.9. The molecule has 0 fully saturated rings. The molecule has 92 valence electrons. The Labute approximate surface area is 95.0 Å². The van der Waals surface area contributed by atoms with Crippen LogP contribution in [0.1, 0.15) is 39.0 Å². The van der Waals surface area contributed by atoms with E-state index in [0.717, 1.165) is 26.3 Å². The molecule has 0 unspecified atom stereocenters. The Balaban J connectivity index is 2.81. The summed E-state index contributed by atoms with van der Waals surface area (Å²) in [6.45, 7) is 7.26. The molecule has 0 rings (SSSR count). The van der Waals surface area contributed by atoms with Gasteiger partial charge in [0.1, 0.15) is 0 Å². The highest BCUT2D eigenvalue weighted by atomic mass is 16.5. The summed E-state index contributed by atoms with van der Waals surface area (Å²) in [6.07, 6.45) is 6.33. The highest BCUT2D eigenvalue weighted by Crippen LogP contribution is 1.93. The zero-order valence-electron chi connectivity index (χ0n) is 10.5. The second-order valence-corrected chi connectivity index (χ2v) is 3.82. The molecule has 3 heteroatoms. The minimum absolute atomic E-state index is 0.846. The topological polar surface area (TPSA) is 33.3 Å². The standard InChI is InChI=1S/C12H28N2O/c1-3-15-12-8-7-11-14-10-6-4-5-9-13-2/h13-14H,3-12H2,1-2H3. The molecule has 0 heterocycles. The molecule has 0 amide bonds. The van der Waals surface area contributed by atoms with Crippen LogP contribution in [0.25, 0.3) is 0 Å². The Morgan fingerprint density at radius 3 is 2.20 bits per heavy atom. The van der Waals surface area contributed by atoms with Crippen molar-refractivity contribution in [1.29, 1.82) is 0 Å². The van der Waals surface area contributed by atoms with Crippen molar-refractivity contribution in [3.05, 3.63) is 0 Å². The van der Waals surface area contributed by atoms with Crippen molar-refractivity contribution < 1.29 is 4.74 Å². The first-order chi connectivity index (χ1) is 7.41. The van der Waals surface area contributed by atoms with Gasteiger partial charge < -0.3 is 15.4 Å². The van der Waals surface area contributed by atoms with Gasteiger partial charge in [0.05, 0.1) is 0 Å². The van der Waals surface area contributed by atoms with Crippen LogP contribution in [0, 0.1) is 0 Å². The fourth-order valence-corrected chi connectivity index (χ4v) is 1.45. The van der Waals surface area contributed by atoms with Gasteiger partial charge in [0.15, 0.2) is 0 Å². The molecule has 0 atom stereocenters. The molecular weight excluding hydrogens is 188 g/mol. The van der Waals surface area contributed by atoms with E-state index in [2.05, 4.69) is 10.6 Å². The van der Waals surface area contributed by atoms with Crippen molar-refractivity contribution in [2.45, 2.75) is 39.0 Å². The number of rotatable bonds is 12. The van der Waals surface area contributed by atoms with Gasteiger partial charge in [-0.1, -0.05) is 6.42 Å². The van der Waals surface area contributed by atoms with Gasteiger partial charge in [0, 0.05) is 13.2 Å². The van der Waals surface area contributed by atoms with Crippen LogP contribution in [0.2, 0.25) is 0 Å². The summed E-state index contributed by atoms with van der Waals surface area (Å²) in [5, 5.41) is 6.63. The number of hydrogen-bond donors (Lipinski definition) is 2. The summed E-state index contributed by atoms with van der Waals surface area (Å²) < 4.78 is 5.27. The minimum atomic E-state index is 0.846. The molecule has 0 bridgehead atoms. The van der Waals surface area contributed by atoms with Crippen molar-refractivity contribution in [1.82, 2.24) is 10.6 Å². The Bertz CT molecular complexity index is 97.8. The van der Waals surface area contributed by atoms with Crippen LogP contribution in [0.15, 0.2) is 0 Å². The largest absolute Gasteiger partial charge is 0.382 e. The third-order valence-electron chi connectivity index (χ3n) is 2.38. The lowest BCUT2D eigenvalue weighted by atomic mass is 10.2. The normalized spacial score (nSPS) is 10.8. The lowest BCUT2D eigenvalue weighted by Gasteiger charge is -2.04. The zero-order valence-corrected chi connectivity index (χ0v) is 10.5. The Kier molecular flexibility index (Phi) is 13.8. The number of ether oxygens (including phenoxy) is 1. The summed E-state index contributed by atoms with van der Waals surface area (Å²) in [5.74, 6) is 0. The molecule has 0 spiro atoms. The summed E-state index contributed by atoms with van der Waals surface area (Å²) in [6, 6.07) is 0. The minimum Gasteiger partial charge on any atom is -0.382 e. The molecule has 3 nitrogen and oxygen atoms in total. The van der Waals surface area contributed by atoms with E-state index >= 15 is 0 Å². The summed E-state index contributed by atoms with van der Waals surface area (Å²) in [5.41, 5.74) is 0. The molecule has 0 radical (unpaired) electrons. The van der Waals surface area contributed by atoms with Crippen LogP contribution in [-0.2, 0) is 4.74 Å². The Morgan fingerprint density at radius 2 is 1.53 bits per heavy atom. The van der Waals surface area contributed by atoms with Gasteiger partial charge in [0.25, 0.3) is 0 Å². The van der Waals surface area contributed by atoms with Crippen LogP contribution >= 0.6 is 0 Å². The second-order valence-electron chi connectivity index (χ2n) is 3.82. The van der Waals surface area contributed by atoms with Gasteiger partial charge in [-0.15, -0.1) is 0 Å². The number of unbranched alkanes of at least 4 members (excludes halogenated alkanes) is 3. The highest BCUT2D eigenvalue weighted by molar-refractivity contribution is 4.50. The second kappa shape index (κ2) is 13.9. The molecule has 0 saturated carbocycles. The number of nitrogens with one attached hydrogen (secondary N) is 2. The van der Waals surface area contributed by atoms with Gasteiger partial charge in [-0.3, -0.25) is 0 Å². The van der Waals surface area contributed by atoms with Crippen molar-refractivity contribution >= 4 is 0 Å². The van der Waals surface area contributed by atoms with Crippen molar-refractivity contribution in [3.63, 3.8) is 0 Å². The molecule has 15 heavy (non-hydrogen) atoms. The molecule has 2 N–H and O–H groups in total. The molecule has 0 aliphatic rings. The summed E-state index contributed by atoms with van der Waals surface area (Å²) >= 11 is 0. The summed E-state index contributed by atoms with van der Waals surface area (Å²) in [7, 11) is 2.01. The van der Waals surface area contributed by atoms with Crippen LogP contribution < -0.4 is 10.6 Å². The maximum Gasteiger partial charge on any atom is 0.0466 e. The molecular formula is C12H28N2O. The average Bonchev–Trinajstić information content (AvgIpc) is 2.26. The predicted molar refractivity (Wildman–Crippen MR) is 66.4 cm³/mol. The molecule has 0 aromatic heterocycles. The average molecular weight is 216 g/mol. The smallest absolute Gasteiger partial charge is 0.0466 e. The lowest BCUT2D eigenvalue weighted by Crippen LogP contribution is -2.17. The quantitative estimate of drug-likeness (QED) is 0.488. The third-order valence-corrected chi connectivity index (χ3v) is 2.38. The molecule has 0 saturated heterocycles. The van der Waals surface area contributed by atoms with Gasteiger partial charge in [0.2, 0.25) is 0 Å². The molecule has 0 aliphatic carbocycles. The van der Waals surface area contributed by atoms with Crippen LogP contribution in [0.4, 0.5) is 0 Å². The third kappa shape index (κ3) is 13.9. The van der Waals surface area contributed by atoms with Crippen molar-refractivity contribution in [2.75, 3.05) is 39.9 Å². The fourth-order valence-electron chi connectivity index (χ4n) is 1.45. The Morgan fingerprint density at radius 1 is 0.867 bits per heavy atom. The van der Waals surface area contributed by atoms with Gasteiger partial charge in [-0.2, -0.15) is 0 Å². The lowest BCUT2D eigenvalue weighted by molar-refractivity contribution is 0.143. The highest BCUT2D eigenvalue weighted by Gasteiger charge is 1.90. The van der Waals surface area contributed by atoms with Gasteiger partial charge in [-0.05, 0) is 59.3 Å². The van der Waals surface area contributed by atoms with E-state index < -0.39 is 0 Å². The molecule has 0 aromatic rings. The van der Waals surface area contributed by atoms with Crippen LogP contribution in [-0.4, -0.2) is 39.9 Å². The van der Waals surface area contributed by atoms with Crippen molar-refractivity contribution in [3.8, 4) is 0 Å². The van der Waals surface area contributed by atoms with Crippen LogP contribution in [0.5, 0.6) is 0 Å². The zero-order chi connectivity index (χ0) is 11.2. The molecule has 0 aliphatic heterocycles. The first-order valence-electron chi connectivity index (χ1n) is 6.35.